The van der Waals surface area contributed by atoms with Crippen LogP contribution in [0.4, 0.5) is 8.78 Å². The first-order chi connectivity index (χ1) is 11.9. The summed E-state index contributed by atoms with van der Waals surface area (Å²) in [5.74, 6) is -2.47. The van der Waals surface area contributed by atoms with Crippen LogP contribution in [0.15, 0.2) is 0 Å². The molecule has 0 spiro atoms. The van der Waals surface area contributed by atoms with Gasteiger partial charge in [0.15, 0.2) is 0 Å². The average Bonchev–Trinajstić information content (AvgIpc) is 2.58. The molecular weight excluding hydrogens is 320 g/mol. The zero-order chi connectivity index (χ0) is 19.1. The first-order valence-electron chi connectivity index (χ1n) is 10.5. The molecule has 1 atom stereocenters. The van der Waals surface area contributed by atoms with Gasteiger partial charge >= 0.3 is 0 Å². The summed E-state index contributed by atoms with van der Waals surface area (Å²) in [5, 5.41) is 0. The van der Waals surface area contributed by atoms with Gasteiger partial charge in [0.05, 0.1) is 6.54 Å². The van der Waals surface area contributed by atoms with Crippen LogP contribution in [0.3, 0.4) is 0 Å². The van der Waals surface area contributed by atoms with Crippen molar-refractivity contribution in [3.63, 3.8) is 0 Å². The predicted molar refractivity (Wildman–Crippen MR) is 103 cm³/mol. The number of alkyl halides is 2. The van der Waals surface area contributed by atoms with Gasteiger partial charge in [0.1, 0.15) is 0 Å². The maximum absolute atomic E-state index is 13.6. The van der Waals surface area contributed by atoms with Gasteiger partial charge in [0.2, 0.25) is 5.91 Å². The lowest BCUT2D eigenvalue weighted by molar-refractivity contribution is -0.135. The Balaban J connectivity index is 3.99. The number of carbonyl (C=O) groups excluding carboxylic acids is 1. The Hall–Kier alpha value is -0.670. The maximum Gasteiger partial charge on any atom is 0.265 e. The molecule has 0 aliphatic rings. The quantitative estimate of drug-likeness (QED) is 0.276. The van der Waals surface area contributed by atoms with Gasteiger partial charge in [-0.3, -0.25) is 4.79 Å². The third-order valence-electron chi connectivity index (χ3n) is 5.24. The molecule has 0 rings (SSSR count). The van der Waals surface area contributed by atoms with E-state index in [1.54, 1.807) is 0 Å². The van der Waals surface area contributed by atoms with E-state index in [9.17, 15) is 13.6 Å². The van der Waals surface area contributed by atoms with E-state index in [4.69, 9.17) is 0 Å². The van der Waals surface area contributed by atoms with E-state index in [1.165, 1.54) is 70.1 Å². The molecule has 0 saturated heterocycles. The van der Waals surface area contributed by atoms with Crippen molar-refractivity contribution in [2.45, 2.75) is 111 Å². The van der Waals surface area contributed by atoms with Crippen molar-refractivity contribution in [2.24, 2.45) is 5.92 Å². The molecule has 1 unspecified atom stereocenters. The van der Waals surface area contributed by atoms with Crippen LogP contribution in [0.5, 0.6) is 0 Å². The second-order valence-corrected chi connectivity index (χ2v) is 7.48. The standard InChI is InChI=1S/C21H41F2NO/c1-5-8-9-10-11-12-13-14-15-20(6-2)16-17-24(19(4)25)18-21(22,23)7-3/h20H,5-18H2,1-4H3. The second-order valence-electron chi connectivity index (χ2n) is 7.48. The van der Waals surface area contributed by atoms with Crippen LogP contribution in [-0.2, 0) is 4.79 Å². The van der Waals surface area contributed by atoms with Crippen LogP contribution in [0, 0.1) is 5.92 Å². The molecular formula is C21H41F2NO. The van der Waals surface area contributed by atoms with Crippen LogP contribution >= 0.6 is 0 Å². The molecule has 150 valence electrons. The number of rotatable bonds is 16. The third kappa shape index (κ3) is 13.2. The molecule has 25 heavy (non-hydrogen) atoms. The zero-order valence-corrected chi connectivity index (χ0v) is 17.1. The summed E-state index contributed by atoms with van der Waals surface area (Å²) >= 11 is 0. The minimum absolute atomic E-state index is 0.216. The lowest BCUT2D eigenvalue weighted by Crippen LogP contribution is -2.40. The minimum atomic E-state index is -2.77. The molecule has 0 aliphatic heterocycles. The minimum Gasteiger partial charge on any atom is -0.337 e. The monoisotopic (exact) mass is 361 g/mol. The highest BCUT2D eigenvalue weighted by molar-refractivity contribution is 5.73. The van der Waals surface area contributed by atoms with Gasteiger partial charge in [-0.15, -0.1) is 0 Å². The number of hydrogen-bond acceptors (Lipinski definition) is 1. The summed E-state index contributed by atoms with van der Waals surface area (Å²) in [6.07, 6.45) is 13.3. The Morgan fingerprint density at radius 3 is 1.96 bits per heavy atom. The molecule has 1 amide bonds. The summed E-state index contributed by atoms with van der Waals surface area (Å²) in [5.41, 5.74) is 0. The number of amides is 1. The van der Waals surface area contributed by atoms with Crippen LogP contribution in [0.2, 0.25) is 0 Å². The van der Waals surface area contributed by atoms with E-state index >= 15 is 0 Å². The number of nitrogens with zero attached hydrogens (tertiary/aromatic N) is 1. The van der Waals surface area contributed by atoms with Crippen molar-refractivity contribution in [2.75, 3.05) is 13.1 Å². The molecule has 0 heterocycles. The SMILES string of the molecule is CCCCCCCCCCC(CC)CCN(CC(F)(F)CC)C(C)=O. The number of carbonyl (C=O) groups is 1. The van der Waals surface area contributed by atoms with Crippen molar-refractivity contribution in [1.29, 1.82) is 0 Å². The summed E-state index contributed by atoms with van der Waals surface area (Å²) in [6.45, 7) is 7.28. The topological polar surface area (TPSA) is 20.3 Å². The zero-order valence-electron chi connectivity index (χ0n) is 17.1. The Bertz CT molecular complexity index is 334. The van der Waals surface area contributed by atoms with Crippen molar-refractivity contribution in [3.05, 3.63) is 0 Å². The van der Waals surface area contributed by atoms with Crippen molar-refractivity contribution in [1.82, 2.24) is 4.90 Å². The average molecular weight is 362 g/mol. The van der Waals surface area contributed by atoms with Gasteiger partial charge in [0.25, 0.3) is 5.92 Å². The normalized spacial score (nSPS) is 13.0. The number of unbranched alkanes of at least 4 members (excludes halogenated alkanes) is 7. The van der Waals surface area contributed by atoms with Crippen molar-refractivity contribution < 1.29 is 13.6 Å². The summed E-state index contributed by atoms with van der Waals surface area (Å²) in [6, 6.07) is 0. The van der Waals surface area contributed by atoms with Gasteiger partial charge in [-0.2, -0.15) is 0 Å². The summed E-state index contributed by atoms with van der Waals surface area (Å²) in [4.78, 5) is 13.0. The molecule has 0 aromatic heterocycles. The Labute approximate surface area is 154 Å². The van der Waals surface area contributed by atoms with E-state index in [0.717, 1.165) is 19.3 Å². The third-order valence-corrected chi connectivity index (χ3v) is 5.24. The molecule has 0 aromatic carbocycles. The fourth-order valence-electron chi connectivity index (χ4n) is 3.20. The first kappa shape index (κ1) is 24.3. The molecule has 0 aromatic rings. The Kier molecular flexibility index (Phi) is 14.1. The first-order valence-corrected chi connectivity index (χ1v) is 10.5. The fourth-order valence-corrected chi connectivity index (χ4v) is 3.20. The Morgan fingerprint density at radius 1 is 0.920 bits per heavy atom. The molecule has 0 saturated carbocycles. The second kappa shape index (κ2) is 14.5. The maximum atomic E-state index is 13.6. The molecule has 0 radical (unpaired) electrons. The van der Waals surface area contributed by atoms with Gasteiger partial charge < -0.3 is 4.90 Å². The van der Waals surface area contributed by atoms with Gasteiger partial charge in [-0.05, 0) is 12.3 Å². The van der Waals surface area contributed by atoms with Gasteiger partial charge in [-0.25, -0.2) is 8.78 Å². The van der Waals surface area contributed by atoms with Gasteiger partial charge in [-0.1, -0.05) is 85.0 Å². The van der Waals surface area contributed by atoms with Crippen molar-refractivity contribution >= 4 is 5.91 Å². The predicted octanol–water partition coefficient (Wildman–Crippen LogP) is 6.83. The highest BCUT2D eigenvalue weighted by atomic mass is 19.3. The highest BCUT2D eigenvalue weighted by Gasteiger charge is 2.30. The van der Waals surface area contributed by atoms with E-state index in [-0.39, 0.29) is 12.3 Å². The molecule has 2 nitrogen and oxygen atoms in total. The summed E-state index contributed by atoms with van der Waals surface area (Å²) in [7, 11) is 0. The van der Waals surface area contributed by atoms with E-state index in [1.807, 2.05) is 0 Å². The molecule has 0 bridgehead atoms. The lowest BCUT2D eigenvalue weighted by atomic mass is 9.94. The van der Waals surface area contributed by atoms with Gasteiger partial charge in [0, 0.05) is 19.9 Å². The Morgan fingerprint density at radius 2 is 1.48 bits per heavy atom. The smallest absolute Gasteiger partial charge is 0.265 e. The van der Waals surface area contributed by atoms with Crippen molar-refractivity contribution in [3.8, 4) is 0 Å². The number of hydrogen-bond donors (Lipinski definition) is 0. The number of halogens is 2. The fraction of sp³-hybridized carbons (Fsp3) is 0.952. The molecule has 0 aliphatic carbocycles. The van der Waals surface area contributed by atoms with Crippen LogP contribution < -0.4 is 0 Å². The van der Waals surface area contributed by atoms with E-state index in [0.29, 0.717) is 12.5 Å². The van der Waals surface area contributed by atoms with E-state index in [2.05, 4.69) is 13.8 Å². The largest absolute Gasteiger partial charge is 0.337 e. The van der Waals surface area contributed by atoms with E-state index < -0.39 is 12.5 Å². The lowest BCUT2D eigenvalue weighted by Gasteiger charge is -2.27. The molecule has 4 heteroatoms. The summed E-state index contributed by atoms with van der Waals surface area (Å²) < 4.78 is 27.1. The van der Waals surface area contributed by atoms with Crippen LogP contribution in [-0.4, -0.2) is 29.8 Å². The van der Waals surface area contributed by atoms with Crippen LogP contribution in [0.1, 0.15) is 105 Å². The molecule has 0 fully saturated rings. The highest BCUT2D eigenvalue weighted by Crippen LogP contribution is 2.22. The molecule has 0 N–H and O–H groups in total. The van der Waals surface area contributed by atoms with Crippen LogP contribution in [0.25, 0.3) is 0 Å².